The van der Waals surface area contributed by atoms with E-state index >= 15 is 0 Å². The molecule has 0 saturated carbocycles. The van der Waals surface area contributed by atoms with Gasteiger partial charge in [-0.2, -0.15) is 4.36 Å². The maximum absolute atomic E-state index is 12.7. The van der Waals surface area contributed by atoms with Gasteiger partial charge in [0.2, 0.25) is 0 Å². The Morgan fingerprint density at radius 3 is 2.67 bits per heavy atom. The molecule has 5 nitrogen and oxygen atoms in total. The van der Waals surface area contributed by atoms with E-state index in [-0.39, 0.29) is 0 Å². The van der Waals surface area contributed by atoms with Crippen molar-refractivity contribution in [1.29, 1.82) is 0 Å². The Morgan fingerprint density at radius 1 is 1.29 bits per heavy atom. The van der Waals surface area contributed by atoms with Gasteiger partial charge in [0, 0.05) is 23.3 Å². The van der Waals surface area contributed by atoms with Crippen molar-refractivity contribution in [3.63, 3.8) is 0 Å². The van der Waals surface area contributed by atoms with Gasteiger partial charge in [0.15, 0.2) is 5.76 Å². The minimum Gasteiger partial charge on any atom is -0.466 e. The SMILES string of the molecule is COC(=O)/C=C/c1occc1N=S(C)(=O)c1ccccc1. The van der Waals surface area contributed by atoms with E-state index in [0.29, 0.717) is 16.3 Å². The molecule has 2 rings (SSSR count). The predicted molar refractivity (Wildman–Crippen MR) is 80.6 cm³/mol. The molecular weight excluding hydrogens is 290 g/mol. The minimum absolute atomic E-state index is 0.353. The molecule has 0 fully saturated rings. The highest BCUT2D eigenvalue weighted by Gasteiger charge is 2.09. The lowest BCUT2D eigenvalue weighted by atomic mass is 10.3. The van der Waals surface area contributed by atoms with Crippen LogP contribution in [0.1, 0.15) is 5.76 Å². The van der Waals surface area contributed by atoms with Gasteiger partial charge >= 0.3 is 5.97 Å². The Hall–Kier alpha value is -2.34. The zero-order valence-corrected chi connectivity index (χ0v) is 12.5. The number of carbonyl (C=O) groups is 1. The number of nitrogens with zero attached hydrogens (tertiary/aromatic N) is 1. The number of benzene rings is 1. The quantitative estimate of drug-likeness (QED) is 0.642. The first kappa shape index (κ1) is 15.1. The number of hydrogen-bond donors (Lipinski definition) is 0. The van der Waals surface area contributed by atoms with Gasteiger partial charge in [-0.1, -0.05) is 18.2 Å². The van der Waals surface area contributed by atoms with Crippen LogP contribution < -0.4 is 0 Å². The highest BCUT2D eigenvalue weighted by Crippen LogP contribution is 2.25. The number of hydrogen-bond acceptors (Lipinski definition) is 5. The first-order valence-corrected chi connectivity index (χ1v) is 8.06. The summed E-state index contributed by atoms with van der Waals surface area (Å²) in [6.07, 6.45) is 5.64. The van der Waals surface area contributed by atoms with Crippen molar-refractivity contribution in [2.75, 3.05) is 13.4 Å². The van der Waals surface area contributed by atoms with E-state index in [4.69, 9.17) is 4.42 Å². The average molecular weight is 305 g/mol. The fourth-order valence-electron chi connectivity index (χ4n) is 1.64. The Morgan fingerprint density at radius 2 is 2.00 bits per heavy atom. The zero-order chi connectivity index (χ0) is 15.3. The van der Waals surface area contributed by atoms with E-state index in [2.05, 4.69) is 9.10 Å². The fourth-order valence-corrected chi connectivity index (χ4v) is 2.93. The smallest absolute Gasteiger partial charge is 0.330 e. The van der Waals surface area contributed by atoms with Crippen LogP contribution in [0, 0.1) is 0 Å². The standard InChI is InChI=1S/C15H15NO4S/c1-19-15(17)9-8-14-13(10-11-20-14)16-21(2,18)12-6-4-3-5-7-12/h3-11H,1-2H3/b9-8+. The summed E-state index contributed by atoms with van der Waals surface area (Å²) in [6.45, 7) is 0. The van der Waals surface area contributed by atoms with E-state index in [1.54, 1.807) is 36.6 Å². The van der Waals surface area contributed by atoms with Gasteiger partial charge in [0.05, 0.1) is 23.1 Å². The lowest BCUT2D eigenvalue weighted by Gasteiger charge is -2.03. The summed E-state index contributed by atoms with van der Waals surface area (Å²) in [5.74, 6) is -0.149. The van der Waals surface area contributed by atoms with Crippen LogP contribution in [0.3, 0.4) is 0 Å². The number of carbonyl (C=O) groups excluding carboxylic acids is 1. The van der Waals surface area contributed by atoms with Gasteiger partial charge in [-0.05, 0) is 18.2 Å². The van der Waals surface area contributed by atoms with Gasteiger partial charge in [0.1, 0.15) is 5.69 Å². The molecule has 1 unspecified atom stereocenters. The summed E-state index contributed by atoms with van der Waals surface area (Å²) >= 11 is 0. The minimum atomic E-state index is -2.58. The monoisotopic (exact) mass is 305 g/mol. The van der Waals surface area contributed by atoms with E-state index in [0.717, 1.165) is 0 Å². The Balaban J connectivity index is 2.38. The first-order valence-electron chi connectivity index (χ1n) is 6.13. The average Bonchev–Trinajstić information content (AvgIpc) is 2.92. The fraction of sp³-hybridized carbons (Fsp3) is 0.133. The molecule has 0 spiro atoms. The molecule has 1 heterocycles. The van der Waals surface area contributed by atoms with Gasteiger partial charge in [0.25, 0.3) is 0 Å². The van der Waals surface area contributed by atoms with Gasteiger partial charge in [-0.25, -0.2) is 9.00 Å². The Kier molecular flexibility index (Phi) is 4.59. The third-order valence-electron chi connectivity index (χ3n) is 2.70. The van der Waals surface area contributed by atoms with Crippen molar-refractivity contribution >= 4 is 27.5 Å². The van der Waals surface area contributed by atoms with Crippen LogP contribution in [-0.2, 0) is 19.3 Å². The second-order valence-corrected chi connectivity index (χ2v) is 6.49. The second-order valence-electron chi connectivity index (χ2n) is 4.23. The van der Waals surface area contributed by atoms with E-state index in [1.807, 2.05) is 6.07 Å². The van der Waals surface area contributed by atoms with E-state index < -0.39 is 15.7 Å². The van der Waals surface area contributed by atoms with Crippen molar-refractivity contribution < 1.29 is 18.2 Å². The molecular formula is C15H15NO4S. The van der Waals surface area contributed by atoms with Crippen molar-refractivity contribution in [3.8, 4) is 0 Å². The summed E-state index contributed by atoms with van der Waals surface area (Å²) in [5, 5.41) is 0. The molecule has 0 amide bonds. The molecule has 1 aromatic carbocycles. The number of rotatable bonds is 4. The van der Waals surface area contributed by atoms with Crippen molar-refractivity contribution in [1.82, 2.24) is 0 Å². The van der Waals surface area contributed by atoms with Crippen LogP contribution in [0.4, 0.5) is 5.69 Å². The van der Waals surface area contributed by atoms with Crippen LogP contribution >= 0.6 is 0 Å². The number of furan rings is 1. The van der Waals surface area contributed by atoms with Gasteiger partial charge < -0.3 is 9.15 Å². The van der Waals surface area contributed by atoms with E-state index in [9.17, 15) is 9.00 Å². The summed E-state index contributed by atoms with van der Waals surface area (Å²) in [7, 11) is -1.30. The lowest BCUT2D eigenvalue weighted by molar-refractivity contribution is -0.134. The molecule has 0 N–H and O–H groups in total. The molecule has 0 saturated heterocycles. The van der Waals surface area contributed by atoms with Gasteiger partial charge in [-0.15, -0.1) is 0 Å². The summed E-state index contributed by atoms with van der Waals surface area (Å²) < 4.78 is 26.7. The highest BCUT2D eigenvalue weighted by molar-refractivity contribution is 7.93. The first-order chi connectivity index (χ1) is 10.0. The number of methoxy groups -OCH3 is 1. The van der Waals surface area contributed by atoms with Crippen molar-refractivity contribution in [2.24, 2.45) is 4.36 Å². The molecule has 0 radical (unpaired) electrons. The summed E-state index contributed by atoms with van der Waals surface area (Å²) in [5.41, 5.74) is 0.423. The molecule has 0 bridgehead atoms. The van der Waals surface area contributed by atoms with Crippen LogP contribution in [-0.4, -0.2) is 23.5 Å². The molecule has 6 heteroatoms. The number of esters is 1. The number of ether oxygens (including phenoxy) is 1. The molecule has 21 heavy (non-hydrogen) atoms. The molecule has 2 aromatic rings. The predicted octanol–water partition coefficient (Wildman–Crippen LogP) is 3.25. The van der Waals surface area contributed by atoms with Gasteiger partial charge in [-0.3, -0.25) is 0 Å². The van der Waals surface area contributed by atoms with Crippen molar-refractivity contribution in [3.05, 3.63) is 54.5 Å². The van der Waals surface area contributed by atoms with Crippen LogP contribution in [0.5, 0.6) is 0 Å². The molecule has 1 aromatic heterocycles. The molecule has 110 valence electrons. The lowest BCUT2D eigenvalue weighted by Crippen LogP contribution is -1.96. The maximum Gasteiger partial charge on any atom is 0.330 e. The highest BCUT2D eigenvalue weighted by atomic mass is 32.2. The molecule has 0 aliphatic rings. The largest absolute Gasteiger partial charge is 0.466 e. The molecule has 0 aliphatic heterocycles. The third kappa shape index (κ3) is 3.82. The second kappa shape index (κ2) is 6.41. The van der Waals surface area contributed by atoms with Crippen LogP contribution in [0.25, 0.3) is 6.08 Å². The molecule has 0 aliphatic carbocycles. The topological polar surface area (TPSA) is 68.9 Å². The molecule has 1 atom stereocenters. The third-order valence-corrected chi connectivity index (χ3v) is 4.39. The maximum atomic E-state index is 12.7. The normalized spacial score (nSPS) is 13.8. The Labute approximate surface area is 123 Å². The van der Waals surface area contributed by atoms with Crippen LogP contribution in [0.15, 0.2) is 62.4 Å². The Bertz CT molecular complexity index is 768. The summed E-state index contributed by atoms with van der Waals surface area (Å²) in [6, 6.07) is 10.6. The zero-order valence-electron chi connectivity index (χ0n) is 11.7. The van der Waals surface area contributed by atoms with Crippen LogP contribution in [0.2, 0.25) is 0 Å². The summed E-state index contributed by atoms with van der Waals surface area (Å²) in [4.78, 5) is 11.7. The van der Waals surface area contributed by atoms with E-state index in [1.165, 1.54) is 25.5 Å². The van der Waals surface area contributed by atoms with Crippen molar-refractivity contribution in [2.45, 2.75) is 4.90 Å².